The van der Waals surface area contributed by atoms with Crippen LogP contribution in [0.5, 0.6) is 0 Å². The van der Waals surface area contributed by atoms with E-state index >= 15 is 0 Å². The van der Waals surface area contributed by atoms with Crippen LogP contribution < -0.4 is 10.6 Å². The Labute approximate surface area is 115 Å². The Balaban J connectivity index is 2.38. The highest BCUT2D eigenvalue weighted by molar-refractivity contribution is 6.30. The van der Waals surface area contributed by atoms with Crippen molar-refractivity contribution in [1.29, 1.82) is 0 Å². The Morgan fingerprint density at radius 2 is 2.11 bits per heavy atom. The largest absolute Gasteiger partial charge is 0.357 e. The van der Waals surface area contributed by atoms with Crippen molar-refractivity contribution in [3.05, 3.63) is 34.9 Å². The van der Waals surface area contributed by atoms with E-state index in [0.717, 1.165) is 43.5 Å². The summed E-state index contributed by atoms with van der Waals surface area (Å²) >= 11 is 5.95. The quantitative estimate of drug-likeness (QED) is 0.614. The Kier molecular flexibility index (Phi) is 7.26. The van der Waals surface area contributed by atoms with Crippen LogP contribution in [-0.4, -0.2) is 25.6 Å². The van der Waals surface area contributed by atoms with Crippen molar-refractivity contribution in [1.82, 2.24) is 10.6 Å². The minimum atomic E-state index is 0.791. The highest BCUT2D eigenvalue weighted by atomic mass is 35.5. The maximum Gasteiger partial charge on any atom is 0.191 e. The fourth-order valence-corrected chi connectivity index (χ4v) is 1.80. The van der Waals surface area contributed by atoms with Crippen LogP contribution in [0.2, 0.25) is 5.02 Å². The van der Waals surface area contributed by atoms with Crippen LogP contribution in [0.15, 0.2) is 29.3 Å². The molecule has 0 aromatic heterocycles. The van der Waals surface area contributed by atoms with Crippen molar-refractivity contribution in [3.8, 4) is 0 Å². The average molecular weight is 268 g/mol. The third-order valence-corrected chi connectivity index (χ3v) is 2.67. The second-order valence-corrected chi connectivity index (χ2v) is 4.50. The van der Waals surface area contributed by atoms with Gasteiger partial charge in [0.15, 0.2) is 5.96 Å². The van der Waals surface area contributed by atoms with Gasteiger partial charge in [0.25, 0.3) is 0 Å². The van der Waals surface area contributed by atoms with Crippen molar-refractivity contribution in [2.45, 2.75) is 26.7 Å². The summed E-state index contributed by atoms with van der Waals surface area (Å²) in [5, 5.41) is 7.34. The number of nitrogens with zero attached hydrogens (tertiary/aromatic N) is 1. The van der Waals surface area contributed by atoms with E-state index in [4.69, 9.17) is 11.6 Å². The predicted octanol–water partition coefficient (Wildman–Crippen LogP) is 2.85. The molecule has 0 unspecified atom stereocenters. The molecule has 1 aromatic carbocycles. The van der Waals surface area contributed by atoms with E-state index in [2.05, 4.69) is 35.5 Å². The molecule has 0 fully saturated rings. The van der Waals surface area contributed by atoms with Crippen LogP contribution in [0.3, 0.4) is 0 Å². The van der Waals surface area contributed by atoms with Gasteiger partial charge in [0, 0.05) is 24.7 Å². The topological polar surface area (TPSA) is 36.4 Å². The number of nitrogens with one attached hydrogen (secondary N) is 2. The number of benzene rings is 1. The molecule has 0 bridgehead atoms. The zero-order valence-corrected chi connectivity index (χ0v) is 11.9. The summed E-state index contributed by atoms with van der Waals surface area (Å²) in [7, 11) is 0. The van der Waals surface area contributed by atoms with Gasteiger partial charge in [-0.3, -0.25) is 4.99 Å². The Hall–Kier alpha value is -1.22. The Morgan fingerprint density at radius 3 is 2.78 bits per heavy atom. The molecule has 100 valence electrons. The van der Waals surface area contributed by atoms with Crippen LogP contribution in [0.25, 0.3) is 0 Å². The van der Waals surface area contributed by atoms with E-state index in [1.807, 2.05) is 18.2 Å². The van der Waals surface area contributed by atoms with Crippen LogP contribution >= 0.6 is 11.6 Å². The number of halogens is 1. The lowest BCUT2D eigenvalue weighted by Crippen LogP contribution is -2.38. The normalized spacial score (nSPS) is 11.4. The molecule has 18 heavy (non-hydrogen) atoms. The first-order valence-corrected chi connectivity index (χ1v) is 6.90. The van der Waals surface area contributed by atoms with Crippen molar-refractivity contribution < 1.29 is 0 Å². The highest BCUT2D eigenvalue weighted by Crippen LogP contribution is 2.10. The minimum Gasteiger partial charge on any atom is -0.357 e. The summed E-state index contributed by atoms with van der Waals surface area (Å²) in [4.78, 5) is 4.45. The molecular formula is C14H22ClN3. The molecule has 0 saturated carbocycles. The Bertz CT molecular complexity index is 377. The number of aliphatic imine (C=N–C) groups is 1. The van der Waals surface area contributed by atoms with Crippen LogP contribution in [0.4, 0.5) is 0 Å². The lowest BCUT2D eigenvalue weighted by molar-refractivity contribution is 0.793. The van der Waals surface area contributed by atoms with Gasteiger partial charge in [-0.1, -0.05) is 30.7 Å². The maximum absolute atomic E-state index is 5.95. The van der Waals surface area contributed by atoms with Crippen LogP contribution in [0.1, 0.15) is 25.8 Å². The van der Waals surface area contributed by atoms with Gasteiger partial charge < -0.3 is 10.6 Å². The van der Waals surface area contributed by atoms with Gasteiger partial charge in [-0.05, 0) is 37.5 Å². The van der Waals surface area contributed by atoms with E-state index in [-0.39, 0.29) is 0 Å². The van der Waals surface area contributed by atoms with Crippen LogP contribution in [0, 0.1) is 0 Å². The first kappa shape index (κ1) is 14.8. The maximum atomic E-state index is 5.95. The van der Waals surface area contributed by atoms with Crippen LogP contribution in [-0.2, 0) is 6.42 Å². The molecule has 2 N–H and O–H groups in total. The van der Waals surface area contributed by atoms with Crippen molar-refractivity contribution in [2.24, 2.45) is 4.99 Å². The molecule has 1 aromatic rings. The van der Waals surface area contributed by atoms with Gasteiger partial charge in [-0.2, -0.15) is 0 Å². The van der Waals surface area contributed by atoms with Gasteiger partial charge in [-0.25, -0.2) is 0 Å². The lowest BCUT2D eigenvalue weighted by atomic mass is 10.1. The molecule has 0 aliphatic rings. The van der Waals surface area contributed by atoms with Gasteiger partial charge in [0.2, 0.25) is 0 Å². The molecule has 4 heteroatoms. The van der Waals surface area contributed by atoms with Gasteiger partial charge in [0.1, 0.15) is 0 Å². The fourth-order valence-electron chi connectivity index (χ4n) is 1.58. The van der Waals surface area contributed by atoms with Crippen molar-refractivity contribution >= 4 is 17.6 Å². The van der Waals surface area contributed by atoms with E-state index in [1.165, 1.54) is 5.56 Å². The fraction of sp³-hybridized carbons (Fsp3) is 0.500. The molecule has 0 amide bonds. The smallest absolute Gasteiger partial charge is 0.191 e. The second kappa shape index (κ2) is 8.81. The molecule has 0 spiro atoms. The molecule has 0 radical (unpaired) electrons. The number of hydrogen-bond donors (Lipinski definition) is 2. The van der Waals surface area contributed by atoms with Crippen molar-refractivity contribution in [2.75, 3.05) is 19.6 Å². The van der Waals surface area contributed by atoms with Gasteiger partial charge in [0.05, 0.1) is 0 Å². The average Bonchev–Trinajstić information content (AvgIpc) is 2.36. The lowest BCUT2D eigenvalue weighted by Gasteiger charge is -2.11. The molecule has 0 heterocycles. The third-order valence-electron chi connectivity index (χ3n) is 2.43. The SMILES string of the molecule is CCCN=C(NCC)NCCc1cccc(Cl)c1. The highest BCUT2D eigenvalue weighted by Gasteiger charge is 1.97. The molecular weight excluding hydrogens is 246 g/mol. The first-order valence-electron chi connectivity index (χ1n) is 6.53. The zero-order valence-electron chi connectivity index (χ0n) is 11.2. The van der Waals surface area contributed by atoms with Crippen molar-refractivity contribution in [3.63, 3.8) is 0 Å². The molecule has 3 nitrogen and oxygen atoms in total. The van der Waals surface area contributed by atoms with E-state index in [0.29, 0.717) is 0 Å². The summed E-state index contributed by atoms with van der Waals surface area (Å²) in [6.45, 7) is 6.79. The molecule has 0 saturated heterocycles. The first-order chi connectivity index (χ1) is 8.76. The summed E-state index contributed by atoms with van der Waals surface area (Å²) in [6.07, 6.45) is 2.00. The van der Waals surface area contributed by atoms with Gasteiger partial charge >= 0.3 is 0 Å². The monoisotopic (exact) mass is 267 g/mol. The summed E-state index contributed by atoms with van der Waals surface area (Å²) in [6, 6.07) is 7.96. The molecule has 0 aliphatic carbocycles. The Morgan fingerprint density at radius 1 is 1.28 bits per heavy atom. The summed E-state index contributed by atoms with van der Waals surface area (Å²) < 4.78 is 0. The number of rotatable bonds is 6. The molecule has 0 atom stereocenters. The summed E-state index contributed by atoms with van der Waals surface area (Å²) in [5.74, 6) is 0.890. The second-order valence-electron chi connectivity index (χ2n) is 4.07. The predicted molar refractivity (Wildman–Crippen MR) is 79.4 cm³/mol. The number of guanidine groups is 1. The molecule has 0 aliphatic heterocycles. The zero-order chi connectivity index (χ0) is 13.2. The van der Waals surface area contributed by atoms with Gasteiger partial charge in [-0.15, -0.1) is 0 Å². The third kappa shape index (κ3) is 5.92. The van der Waals surface area contributed by atoms with E-state index in [1.54, 1.807) is 0 Å². The molecule has 1 rings (SSSR count). The standard InChI is InChI=1S/C14H22ClN3/c1-3-9-17-14(16-4-2)18-10-8-12-6-5-7-13(15)11-12/h5-7,11H,3-4,8-10H2,1-2H3,(H2,16,17,18). The minimum absolute atomic E-state index is 0.791. The van der Waals surface area contributed by atoms with E-state index < -0.39 is 0 Å². The van der Waals surface area contributed by atoms with E-state index in [9.17, 15) is 0 Å². The number of hydrogen-bond acceptors (Lipinski definition) is 1. The summed E-state index contributed by atoms with van der Waals surface area (Å²) in [5.41, 5.74) is 1.24.